The predicted octanol–water partition coefficient (Wildman–Crippen LogP) is 1.76. The smallest absolute Gasteiger partial charge is 0.356 e. The molecule has 1 unspecified atom stereocenters. The highest BCUT2D eigenvalue weighted by atomic mass is 31.2. The average Bonchev–Trinajstić information content (AvgIpc) is 2.96. The molecule has 2 aromatic rings. The number of aromatic amines is 1. The Bertz CT molecular complexity index is 927. The number of rotatable bonds is 10. The van der Waals surface area contributed by atoms with Gasteiger partial charge >= 0.3 is 7.60 Å². The standard InChI is InChI=1S/C15H21FN5O5P/c1-3-25-27(23,26-4-2)9-24-11(5-16)8-21-7-10(6-17)12-13(21)19-15(18)20-14(12)22/h7,11H,3-5,8-9H2,1-2H3,(H3,18,19,20,22). The van der Waals surface area contributed by atoms with Gasteiger partial charge in [-0.15, -0.1) is 0 Å². The van der Waals surface area contributed by atoms with Gasteiger partial charge in [0, 0.05) is 6.20 Å². The topological polar surface area (TPSA) is 145 Å². The third-order valence-corrected chi connectivity index (χ3v) is 5.33. The molecule has 0 amide bonds. The number of halogens is 1. The summed E-state index contributed by atoms with van der Waals surface area (Å²) in [6, 6.07) is 1.89. The minimum absolute atomic E-state index is 0.0543. The quantitative estimate of drug-likeness (QED) is 0.573. The molecule has 0 spiro atoms. The summed E-state index contributed by atoms with van der Waals surface area (Å²) >= 11 is 0. The summed E-state index contributed by atoms with van der Waals surface area (Å²) < 4.78 is 42.9. The highest BCUT2D eigenvalue weighted by Crippen LogP contribution is 2.48. The molecule has 0 saturated heterocycles. The molecule has 10 nitrogen and oxygen atoms in total. The zero-order chi connectivity index (χ0) is 20.0. The van der Waals surface area contributed by atoms with Gasteiger partial charge in [-0.05, 0) is 13.8 Å². The SMILES string of the molecule is CCOP(=O)(COC(CF)Cn1cc(C#N)c2c(=O)[nH]c(N)nc21)OCC. The Kier molecular flexibility index (Phi) is 7.10. The number of nitrogens with two attached hydrogens (primary N) is 1. The van der Waals surface area contributed by atoms with Crippen LogP contribution in [0.1, 0.15) is 19.4 Å². The normalized spacial score (nSPS) is 13.0. The number of nitrogens with one attached hydrogen (secondary N) is 1. The second-order valence-corrected chi connectivity index (χ2v) is 7.47. The molecule has 27 heavy (non-hydrogen) atoms. The van der Waals surface area contributed by atoms with Crippen molar-refractivity contribution in [3.8, 4) is 6.07 Å². The van der Waals surface area contributed by atoms with E-state index in [9.17, 15) is 19.0 Å². The van der Waals surface area contributed by atoms with Crippen molar-refractivity contribution >= 4 is 24.6 Å². The predicted molar refractivity (Wildman–Crippen MR) is 96.1 cm³/mol. The van der Waals surface area contributed by atoms with Gasteiger partial charge in [0.1, 0.15) is 30.6 Å². The number of nitriles is 1. The van der Waals surface area contributed by atoms with Crippen molar-refractivity contribution in [3.05, 3.63) is 22.1 Å². The van der Waals surface area contributed by atoms with Crippen LogP contribution in [0.4, 0.5) is 10.3 Å². The van der Waals surface area contributed by atoms with Crippen LogP contribution in [0.5, 0.6) is 0 Å². The Balaban J connectivity index is 2.25. The van der Waals surface area contributed by atoms with Crippen molar-refractivity contribution in [2.75, 3.05) is 32.0 Å². The largest absolute Gasteiger partial charge is 0.369 e. The lowest BCUT2D eigenvalue weighted by Crippen LogP contribution is -2.24. The molecular weight excluding hydrogens is 380 g/mol. The number of ether oxygens (including phenoxy) is 1. The fourth-order valence-electron chi connectivity index (χ4n) is 2.50. The van der Waals surface area contributed by atoms with Crippen molar-refractivity contribution in [2.24, 2.45) is 0 Å². The molecule has 2 rings (SSSR count). The fraction of sp³-hybridized carbons (Fsp3) is 0.533. The maximum Gasteiger partial charge on any atom is 0.356 e. The van der Waals surface area contributed by atoms with Gasteiger partial charge in [-0.1, -0.05) is 0 Å². The number of anilines is 1. The second kappa shape index (κ2) is 9.10. The van der Waals surface area contributed by atoms with Gasteiger partial charge < -0.3 is 24.1 Å². The van der Waals surface area contributed by atoms with Gasteiger partial charge in [0.2, 0.25) is 5.95 Å². The van der Waals surface area contributed by atoms with Gasteiger partial charge in [-0.25, -0.2) is 4.39 Å². The molecule has 0 aliphatic heterocycles. The lowest BCUT2D eigenvalue weighted by Gasteiger charge is -2.21. The Morgan fingerprint density at radius 2 is 2.11 bits per heavy atom. The van der Waals surface area contributed by atoms with Crippen molar-refractivity contribution in [1.82, 2.24) is 14.5 Å². The number of hydrogen-bond acceptors (Lipinski definition) is 8. The van der Waals surface area contributed by atoms with Crippen molar-refractivity contribution in [3.63, 3.8) is 0 Å². The van der Waals surface area contributed by atoms with E-state index in [1.165, 1.54) is 10.8 Å². The molecule has 12 heteroatoms. The van der Waals surface area contributed by atoms with Gasteiger partial charge in [-0.2, -0.15) is 10.2 Å². The van der Waals surface area contributed by atoms with E-state index in [0.29, 0.717) is 0 Å². The Labute approximate surface area is 154 Å². The van der Waals surface area contributed by atoms with E-state index in [-0.39, 0.29) is 42.3 Å². The third-order valence-electron chi connectivity index (χ3n) is 3.56. The third kappa shape index (κ3) is 4.93. The van der Waals surface area contributed by atoms with Gasteiger partial charge in [0.05, 0.1) is 25.3 Å². The Hall–Kier alpha value is -2.25. The molecule has 0 aromatic carbocycles. The molecule has 1 atom stereocenters. The molecule has 148 valence electrons. The molecule has 2 aromatic heterocycles. The maximum atomic E-state index is 13.4. The lowest BCUT2D eigenvalue weighted by molar-refractivity contribution is 0.0386. The van der Waals surface area contributed by atoms with Crippen LogP contribution in [-0.2, 0) is 24.9 Å². The molecule has 0 radical (unpaired) electrons. The Morgan fingerprint density at radius 3 is 2.67 bits per heavy atom. The van der Waals surface area contributed by atoms with E-state index >= 15 is 0 Å². The van der Waals surface area contributed by atoms with Crippen molar-refractivity contribution < 1.29 is 22.7 Å². The first-order valence-electron chi connectivity index (χ1n) is 8.21. The summed E-state index contributed by atoms with van der Waals surface area (Å²) in [4.78, 5) is 18.4. The lowest BCUT2D eigenvalue weighted by atomic mass is 10.3. The molecule has 0 saturated carbocycles. The van der Waals surface area contributed by atoms with Crippen LogP contribution in [0.2, 0.25) is 0 Å². The maximum absolute atomic E-state index is 13.4. The van der Waals surface area contributed by atoms with Gasteiger partial charge in [-0.3, -0.25) is 14.3 Å². The zero-order valence-electron chi connectivity index (χ0n) is 15.0. The Morgan fingerprint density at radius 1 is 1.44 bits per heavy atom. The molecule has 0 aliphatic carbocycles. The minimum Gasteiger partial charge on any atom is -0.369 e. The first-order chi connectivity index (χ1) is 12.9. The van der Waals surface area contributed by atoms with Crippen LogP contribution in [0.15, 0.2) is 11.0 Å². The van der Waals surface area contributed by atoms with E-state index < -0.39 is 32.3 Å². The molecule has 0 aliphatic rings. The second-order valence-electron chi connectivity index (χ2n) is 5.48. The van der Waals surface area contributed by atoms with Crippen LogP contribution in [-0.4, -0.2) is 46.9 Å². The van der Waals surface area contributed by atoms with E-state index in [1.807, 2.05) is 6.07 Å². The van der Waals surface area contributed by atoms with Crippen LogP contribution in [0.25, 0.3) is 11.0 Å². The number of fused-ring (bicyclic) bond motifs is 1. The van der Waals surface area contributed by atoms with Crippen LogP contribution >= 0.6 is 7.60 Å². The molecule has 2 heterocycles. The minimum atomic E-state index is -3.50. The highest BCUT2D eigenvalue weighted by Gasteiger charge is 2.27. The van der Waals surface area contributed by atoms with E-state index in [4.69, 9.17) is 19.5 Å². The van der Waals surface area contributed by atoms with Gasteiger partial charge in [0.15, 0.2) is 5.65 Å². The number of alkyl halides is 1. The van der Waals surface area contributed by atoms with Crippen molar-refractivity contribution in [2.45, 2.75) is 26.5 Å². The van der Waals surface area contributed by atoms with E-state index in [0.717, 1.165) is 0 Å². The molecule has 0 bridgehead atoms. The molecular formula is C15H21FN5O5P. The molecule has 3 N–H and O–H groups in total. The summed E-state index contributed by atoms with van der Waals surface area (Å²) in [6.07, 6.45) is -0.0871. The number of nitrogen functional groups attached to an aromatic ring is 1. The molecule has 0 fully saturated rings. The average molecular weight is 401 g/mol. The highest BCUT2D eigenvalue weighted by molar-refractivity contribution is 7.53. The number of H-pyrrole nitrogens is 1. The summed E-state index contributed by atoms with van der Waals surface area (Å²) in [5.41, 5.74) is 5.19. The van der Waals surface area contributed by atoms with Crippen LogP contribution in [0, 0.1) is 11.3 Å². The number of hydrogen-bond donors (Lipinski definition) is 2. The summed E-state index contributed by atoms with van der Waals surface area (Å²) in [7, 11) is -3.50. The first-order valence-corrected chi connectivity index (χ1v) is 9.94. The summed E-state index contributed by atoms with van der Waals surface area (Å²) in [5, 5.41) is 9.27. The first kappa shape index (κ1) is 21.1. The van der Waals surface area contributed by atoms with Crippen LogP contribution in [0.3, 0.4) is 0 Å². The van der Waals surface area contributed by atoms with E-state index in [1.54, 1.807) is 13.8 Å². The monoisotopic (exact) mass is 401 g/mol. The number of aromatic nitrogens is 3. The fourth-order valence-corrected chi connectivity index (χ4v) is 3.91. The summed E-state index contributed by atoms with van der Waals surface area (Å²) in [5.74, 6) is -0.133. The van der Waals surface area contributed by atoms with Crippen LogP contribution < -0.4 is 11.3 Å². The number of nitrogens with zero attached hydrogens (tertiary/aromatic N) is 3. The zero-order valence-corrected chi connectivity index (χ0v) is 15.9. The van der Waals surface area contributed by atoms with E-state index in [2.05, 4.69) is 9.97 Å². The van der Waals surface area contributed by atoms with Crippen molar-refractivity contribution in [1.29, 1.82) is 5.26 Å². The van der Waals surface area contributed by atoms with Gasteiger partial charge in [0.25, 0.3) is 5.56 Å². The summed E-state index contributed by atoms with van der Waals surface area (Å²) in [6.45, 7) is 2.63.